The summed E-state index contributed by atoms with van der Waals surface area (Å²) in [4.78, 5) is 13.2. The van der Waals surface area contributed by atoms with Gasteiger partial charge in [0, 0.05) is 33.7 Å². The molecule has 2 fully saturated rings. The minimum Gasteiger partial charge on any atom is -0.327 e. The fraction of sp³-hybridized carbons (Fsp3) is 0.533. The van der Waals surface area contributed by atoms with Gasteiger partial charge in [0.25, 0.3) is 0 Å². The van der Waals surface area contributed by atoms with Crippen LogP contribution in [0.15, 0.2) is 29.2 Å². The molecule has 5 unspecified atom stereocenters. The molecule has 21 heavy (non-hydrogen) atoms. The molecule has 5 atom stereocenters. The zero-order valence-corrected chi connectivity index (χ0v) is 13.6. The van der Waals surface area contributed by atoms with Crippen molar-refractivity contribution in [2.75, 3.05) is 11.6 Å². The Hall–Kier alpha value is -0.910. The Bertz CT molecular complexity index is 564. The summed E-state index contributed by atoms with van der Waals surface area (Å²) in [5, 5.41) is 2.94. The van der Waals surface area contributed by atoms with Gasteiger partial charge in [0.05, 0.1) is 5.92 Å². The van der Waals surface area contributed by atoms with Gasteiger partial charge >= 0.3 is 0 Å². The lowest BCUT2D eigenvalue weighted by atomic mass is 9.84. The zero-order valence-electron chi connectivity index (χ0n) is 12.0. The molecule has 0 radical (unpaired) electrons. The number of carbonyl (C=O) groups is 1. The number of amides is 1. The SMILES string of the molecule is CS(=O)c1cccc(NC(=O)C2C3CCC(C3)C2N)c1.Cl. The predicted molar refractivity (Wildman–Crippen MR) is 86.9 cm³/mol. The fourth-order valence-electron chi connectivity index (χ4n) is 3.70. The Morgan fingerprint density at radius 3 is 2.67 bits per heavy atom. The lowest BCUT2D eigenvalue weighted by molar-refractivity contribution is -0.121. The number of anilines is 1. The highest BCUT2D eigenvalue weighted by Crippen LogP contribution is 2.47. The average Bonchev–Trinajstić information content (AvgIpc) is 2.99. The summed E-state index contributed by atoms with van der Waals surface area (Å²) in [6.45, 7) is 0. The highest BCUT2D eigenvalue weighted by Gasteiger charge is 2.49. The van der Waals surface area contributed by atoms with Gasteiger partial charge in [-0.05, 0) is 49.3 Å². The van der Waals surface area contributed by atoms with Crippen molar-refractivity contribution in [3.05, 3.63) is 24.3 Å². The van der Waals surface area contributed by atoms with E-state index in [1.807, 2.05) is 12.1 Å². The van der Waals surface area contributed by atoms with Gasteiger partial charge in [0.1, 0.15) is 0 Å². The molecule has 1 aromatic rings. The first-order chi connectivity index (χ1) is 9.56. The van der Waals surface area contributed by atoms with Crippen LogP contribution in [0.3, 0.4) is 0 Å². The van der Waals surface area contributed by atoms with Crippen LogP contribution in [0.25, 0.3) is 0 Å². The predicted octanol–water partition coefficient (Wildman–Crippen LogP) is 2.16. The molecule has 0 saturated heterocycles. The van der Waals surface area contributed by atoms with Crippen molar-refractivity contribution in [3.63, 3.8) is 0 Å². The maximum Gasteiger partial charge on any atom is 0.229 e. The Morgan fingerprint density at radius 1 is 1.33 bits per heavy atom. The molecule has 1 aromatic carbocycles. The van der Waals surface area contributed by atoms with Crippen molar-refractivity contribution in [1.29, 1.82) is 0 Å². The van der Waals surface area contributed by atoms with Crippen molar-refractivity contribution in [2.24, 2.45) is 23.5 Å². The summed E-state index contributed by atoms with van der Waals surface area (Å²) in [6, 6.07) is 7.21. The number of carbonyl (C=O) groups excluding carboxylic acids is 1. The van der Waals surface area contributed by atoms with E-state index in [2.05, 4.69) is 5.32 Å². The van der Waals surface area contributed by atoms with Gasteiger partial charge in [0.15, 0.2) is 0 Å². The largest absolute Gasteiger partial charge is 0.327 e. The normalized spacial score (nSPS) is 31.5. The van der Waals surface area contributed by atoms with E-state index in [4.69, 9.17) is 5.73 Å². The Morgan fingerprint density at radius 2 is 2.05 bits per heavy atom. The number of fused-ring (bicyclic) bond motifs is 2. The quantitative estimate of drug-likeness (QED) is 0.893. The van der Waals surface area contributed by atoms with Gasteiger partial charge in [-0.3, -0.25) is 9.00 Å². The van der Waals surface area contributed by atoms with E-state index in [9.17, 15) is 9.00 Å². The first-order valence-electron chi connectivity index (χ1n) is 7.06. The molecule has 2 bridgehead atoms. The number of rotatable bonds is 3. The first kappa shape index (κ1) is 16.5. The second-order valence-corrected chi connectivity index (χ2v) is 7.29. The number of hydrogen-bond acceptors (Lipinski definition) is 3. The minimum absolute atomic E-state index is 0. The molecule has 116 valence electrons. The van der Waals surface area contributed by atoms with Gasteiger partial charge in [-0.15, -0.1) is 12.4 Å². The molecule has 2 saturated carbocycles. The van der Waals surface area contributed by atoms with E-state index in [-0.39, 0.29) is 30.3 Å². The number of nitrogens with one attached hydrogen (secondary N) is 1. The van der Waals surface area contributed by atoms with Crippen LogP contribution in [0.4, 0.5) is 5.69 Å². The van der Waals surface area contributed by atoms with Crippen molar-refractivity contribution in [1.82, 2.24) is 0 Å². The number of nitrogens with two attached hydrogens (primary N) is 1. The van der Waals surface area contributed by atoms with Crippen LogP contribution in [0.2, 0.25) is 0 Å². The number of halogens is 1. The van der Waals surface area contributed by atoms with E-state index in [1.54, 1.807) is 18.4 Å². The second kappa shape index (κ2) is 6.46. The molecule has 0 aliphatic heterocycles. The Balaban J connectivity index is 0.00000161. The van der Waals surface area contributed by atoms with Gasteiger partial charge in [-0.25, -0.2) is 0 Å². The highest BCUT2D eigenvalue weighted by molar-refractivity contribution is 7.84. The van der Waals surface area contributed by atoms with E-state index in [0.29, 0.717) is 17.5 Å². The summed E-state index contributed by atoms with van der Waals surface area (Å²) in [6.07, 6.45) is 5.01. The summed E-state index contributed by atoms with van der Waals surface area (Å²) in [7, 11) is -1.04. The molecule has 6 heteroatoms. The van der Waals surface area contributed by atoms with Crippen LogP contribution in [0.1, 0.15) is 19.3 Å². The number of hydrogen-bond donors (Lipinski definition) is 2. The standard InChI is InChI=1S/C15H20N2O2S.ClH/c1-20(19)12-4-2-3-11(8-12)17-15(18)13-9-5-6-10(7-9)14(13)16;/h2-4,8-10,13-14H,5-7,16H2,1H3,(H,17,18);1H. The summed E-state index contributed by atoms with van der Waals surface area (Å²) < 4.78 is 11.5. The van der Waals surface area contributed by atoms with E-state index >= 15 is 0 Å². The minimum atomic E-state index is -1.04. The maximum atomic E-state index is 12.4. The van der Waals surface area contributed by atoms with E-state index in [0.717, 1.165) is 17.7 Å². The molecule has 2 aliphatic carbocycles. The average molecular weight is 329 g/mol. The topological polar surface area (TPSA) is 72.2 Å². The molecule has 0 heterocycles. The highest BCUT2D eigenvalue weighted by atomic mass is 35.5. The third-order valence-electron chi connectivity index (χ3n) is 4.72. The monoisotopic (exact) mass is 328 g/mol. The lowest BCUT2D eigenvalue weighted by Crippen LogP contribution is -2.42. The molecule has 4 nitrogen and oxygen atoms in total. The summed E-state index contributed by atoms with van der Waals surface area (Å²) in [5.41, 5.74) is 6.89. The van der Waals surface area contributed by atoms with E-state index < -0.39 is 10.8 Å². The third-order valence-corrected chi connectivity index (χ3v) is 5.63. The van der Waals surface area contributed by atoms with Crippen molar-refractivity contribution >= 4 is 34.8 Å². The molecule has 3 N–H and O–H groups in total. The molecule has 0 spiro atoms. The molecule has 3 rings (SSSR count). The second-order valence-electron chi connectivity index (χ2n) is 5.91. The molecular weight excluding hydrogens is 308 g/mol. The lowest BCUT2D eigenvalue weighted by Gasteiger charge is -2.27. The van der Waals surface area contributed by atoms with Crippen LogP contribution in [-0.2, 0) is 15.6 Å². The fourth-order valence-corrected chi connectivity index (χ4v) is 4.27. The van der Waals surface area contributed by atoms with Crippen LogP contribution >= 0.6 is 12.4 Å². The van der Waals surface area contributed by atoms with Gasteiger partial charge in [-0.2, -0.15) is 0 Å². The van der Waals surface area contributed by atoms with Gasteiger partial charge in [0.2, 0.25) is 5.91 Å². The maximum absolute atomic E-state index is 12.4. The Kier molecular flexibility index (Phi) is 5.07. The molecular formula is C15H21ClN2O2S. The van der Waals surface area contributed by atoms with Crippen LogP contribution in [-0.4, -0.2) is 22.4 Å². The zero-order chi connectivity index (χ0) is 14.3. The van der Waals surface area contributed by atoms with E-state index in [1.165, 1.54) is 6.42 Å². The number of benzene rings is 1. The van der Waals surface area contributed by atoms with Crippen LogP contribution in [0.5, 0.6) is 0 Å². The van der Waals surface area contributed by atoms with Crippen LogP contribution < -0.4 is 11.1 Å². The molecule has 1 amide bonds. The smallest absolute Gasteiger partial charge is 0.229 e. The molecule has 0 aromatic heterocycles. The van der Waals surface area contributed by atoms with Gasteiger partial charge in [-0.1, -0.05) is 6.07 Å². The van der Waals surface area contributed by atoms with Crippen LogP contribution in [0, 0.1) is 17.8 Å². The van der Waals surface area contributed by atoms with Crippen molar-refractivity contribution < 1.29 is 9.00 Å². The summed E-state index contributed by atoms with van der Waals surface area (Å²) in [5.74, 6) is 0.914. The summed E-state index contributed by atoms with van der Waals surface area (Å²) >= 11 is 0. The first-order valence-corrected chi connectivity index (χ1v) is 8.62. The molecule has 2 aliphatic rings. The Labute approximate surface area is 133 Å². The van der Waals surface area contributed by atoms with Gasteiger partial charge < -0.3 is 11.1 Å². The van der Waals surface area contributed by atoms with Crippen molar-refractivity contribution in [2.45, 2.75) is 30.2 Å². The van der Waals surface area contributed by atoms with Crippen molar-refractivity contribution in [3.8, 4) is 0 Å². The third kappa shape index (κ3) is 3.15.